The number of fused-ring (bicyclic) bond motifs is 9. The van der Waals surface area contributed by atoms with Crippen LogP contribution in [0.3, 0.4) is 0 Å². The Hall–Kier alpha value is -8.00. The second kappa shape index (κ2) is 15.0. The van der Waals surface area contributed by atoms with Crippen molar-refractivity contribution in [2.45, 2.75) is 43.9 Å². The largest absolute Gasteiger partial charge is 0.310 e. The van der Waals surface area contributed by atoms with Crippen LogP contribution in [0.1, 0.15) is 72.2 Å². The normalized spacial score (nSPS) is 14.8. The quantitative estimate of drug-likeness (QED) is 0.154. The van der Waals surface area contributed by atoms with Crippen molar-refractivity contribution in [3.05, 3.63) is 281 Å². The molecule has 0 saturated carbocycles. The summed E-state index contributed by atoms with van der Waals surface area (Å²) in [4.78, 5) is 2.50. The summed E-state index contributed by atoms with van der Waals surface area (Å²) in [5.41, 5.74) is 26.0. The minimum atomic E-state index is -0.532. The Kier molecular flexibility index (Phi) is 8.89. The molecule has 0 atom stereocenters. The maximum atomic E-state index is 2.50. The number of rotatable bonds is 7. The molecule has 0 bridgehead atoms. The van der Waals surface area contributed by atoms with Crippen molar-refractivity contribution in [2.24, 2.45) is 0 Å². The van der Waals surface area contributed by atoms with Crippen LogP contribution in [-0.4, -0.2) is 0 Å². The van der Waals surface area contributed by atoms with E-state index in [0.29, 0.717) is 0 Å². The van der Waals surface area contributed by atoms with Crippen molar-refractivity contribution in [1.82, 2.24) is 0 Å². The zero-order valence-electron chi connectivity index (χ0n) is 39.0. The van der Waals surface area contributed by atoms with Crippen LogP contribution in [0, 0.1) is 0 Å². The summed E-state index contributed by atoms with van der Waals surface area (Å²) in [6, 6.07) is 88.7. The lowest BCUT2D eigenvalue weighted by molar-refractivity contribution is 0.662. The molecule has 0 heterocycles. The molecule has 10 aromatic rings. The average molecular weight is 870 g/mol. The molecule has 0 saturated heterocycles. The molecule has 0 aromatic heterocycles. The molecule has 3 aliphatic rings. The van der Waals surface area contributed by atoms with E-state index in [4.69, 9.17) is 0 Å². The maximum Gasteiger partial charge on any atom is 0.0714 e. The van der Waals surface area contributed by atoms with Gasteiger partial charge in [-0.2, -0.15) is 0 Å². The molecule has 0 amide bonds. The van der Waals surface area contributed by atoms with Gasteiger partial charge in [-0.1, -0.05) is 228 Å². The predicted octanol–water partition coefficient (Wildman–Crippen LogP) is 17.5. The Morgan fingerprint density at radius 3 is 1.13 bits per heavy atom. The van der Waals surface area contributed by atoms with Crippen molar-refractivity contribution in [1.29, 1.82) is 0 Å². The fourth-order valence-corrected chi connectivity index (χ4v) is 12.8. The Labute approximate surface area is 400 Å². The van der Waals surface area contributed by atoms with Crippen LogP contribution in [-0.2, 0) is 16.2 Å². The topological polar surface area (TPSA) is 3.24 Å². The fourth-order valence-electron chi connectivity index (χ4n) is 12.8. The summed E-state index contributed by atoms with van der Waals surface area (Å²) >= 11 is 0. The van der Waals surface area contributed by atoms with Gasteiger partial charge in [0.05, 0.1) is 5.41 Å². The van der Waals surface area contributed by atoms with Gasteiger partial charge in [0, 0.05) is 27.9 Å². The first-order valence-electron chi connectivity index (χ1n) is 24.1. The lowest BCUT2D eigenvalue weighted by Gasteiger charge is -2.35. The number of benzene rings is 10. The van der Waals surface area contributed by atoms with E-state index < -0.39 is 5.41 Å². The van der Waals surface area contributed by atoms with Gasteiger partial charge < -0.3 is 4.90 Å². The van der Waals surface area contributed by atoms with Crippen molar-refractivity contribution >= 4 is 17.1 Å². The molecule has 0 spiro atoms. The van der Waals surface area contributed by atoms with E-state index in [1.54, 1.807) is 0 Å². The smallest absolute Gasteiger partial charge is 0.0714 e. The first-order valence-corrected chi connectivity index (χ1v) is 24.1. The highest BCUT2D eigenvalue weighted by Crippen LogP contribution is 2.58. The number of nitrogens with zero attached hydrogens (tertiary/aromatic N) is 1. The molecule has 3 aliphatic carbocycles. The van der Waals surface area contributed by atoms with Crippen molar-refractivity contribution in [3.8, 4) is 55.6 Å². The van der Waals surface area contributed by atoms with Crippen molar-refractivity contribution in [2.75, 3.05) is 4.90 Å². The van der Waals surface area contributed by atoms with Crippen LogP contribution in [0.15, 0.2) is 237 Å². The summed E-state index contributed by atoms with van der Waals surface area (Å²) in [6.07, 6.45) is 0. The monoisotopic (exact) mass is 869 g/mol. The summed E-state index contributed by atoms with van der Waals surface area (Å²) < 4.78 is 0. The van der Waals surface area contributed by atoms with Gasteiger partial charge in [-0.05, 0) is 137 Å². The van der Waals surface area contributed by atoms with Gasteiger partial charge in [0.25, 0.3) is 0 Å². The second-order valence-electron chi connectivity index (χ2n) is 20.0. The van der Waals surface area contributed by atoms with E-state index in [-0.39, 0.29) is 10.8 Å². The lowest BCUT2D eigenvalue weighted by atomic mass is 9.67. The van der Waals surface area contributed by atoms with Crippen molar-refractivity contribution in [3.63, 3.8) is 0 Å². The van der Waals surface area contributed by atoms with Crippen LogP contribution in [0.2, 0.25) is 0 Å². The maximum absolute atomic E-state index is 2.50. The van der Waals surface area contributed by atoms with Gasteiger partial charge >= 0.3 is 0 Å². The molecule has 0 unspecified atom stereocenters. The molecule has 0 radical (unpaired) electrons. The highest BCUT2D eigenvalue weighted by atomic mass is 15.1. The van der Waals surface area contributed by atoms with Crippen molar-refractivity contribution < 1.29 is 0 Å². The SMILES string of the molecule is CC1(C)c2ccccc2-c2cccc(-c3cccc(N(c4cccc(-c5cccc6c5C(C)(C)c5ccccc5-6)c4)c4ccc5c(c4)C(c4ccccc4)(c4ccccc4)c4ccccc4-5)c3)c21. The molecule has 0 aliphatic heterocycles. The molecular weight excluding hydrogens is 819 g/mol. The number of hydrogen-bond acceptors (Lipinski definition) is 1. The number of hydrogen-bond donors (Lipinski definition) is 0. The summed E-state index contributed by atoms with van der Waals surface area (Å²) in [6.45, 7) is 9.54. The zero-order chi connectivity index (χ0) is 45.8. The van der Waals surface area contributed by atoms with Gasteiger partial charge in [0.1, 0.15) is 0 Å². The third kappa shape index (κ3) is 5.69. The predicted molar refractivity (Wildman–Crippen MR) is 284 cm³/mol. The summed E-state index contributed by atoms with van der Waals surface area (Å²) in [5, 5.41) is 0. The standard InChI is InChI=1S/C67H51N/c1-65(2)59-36-14-11-30-54(59)57-34-19-32-51(63(57)65)44-21-17-27-48(41-44)68(49-28-18-22-45(42-49)52-33-20-35-58-55-31-12-15-37-60(55)66(3,4)64(52)58)50-39-40-56-53-29-13-16-38-61(53)67(62(56)43-50,46-23-7-5-8-24-46)47-25-9-6-10-26-47/h5-43H,1-4H3. The van der Waals surface area contributed by atoms with E-state index in [9.17, 15) is 0 Å². The van der Waals surface area contributed by atoms with E-state index in [0.717, 1.165) is 17.1 Å². The molecule has 0 N–H and O–H groups in total. The molecule has 68 heavy (non-hydrogen) atoms. The molecule has 324 valence electrons. The van der Waals surface area contributed by atoms with Gasteiger partial charge in [-0.3, -0.25) is 0 Å². The third-order valence-electron chi connectivity index (χ3n) is 15.7. The Balaban J connectivity index is 1.04. The molecule has 1 heteroatoms. The first-order chi connectivity index (χ1) is 33.3. The highest BCUT2D eigenvalue weighted by Gasteiger charge is 2.46. The Morgan fingerprint density at radius 1 is 0.265 bits per heavy atom. The molecule has 0 fully saturated rings. The number of anilines is 3. The Morgan fingerprint density at radius 2 is 0.632 bits per heavy atom. The van der Waals surface area contributed by atoms with Gasteiger partial charge in [-0.15, -0.1) is 0 Å². The van der Waals surface area contributed by atoms with Gasteiger partial charge in [-0.25, -0.2) is 0 Å². The average Bonchev–Trinajstić information content (AvgIpc) is 3.92. The van der Waals surface area contributed by atoms with E-state index in [1.807, 2.05) is 0 Å². The molecule has 10 aromatic carbocycles. The lowest BCUT2D eigenvalue weighted by Crippen LogP contribution is -2.28. The van der Waals surface area contributed by atoms with Crippen LogP contribution in [0.4, 0.5) is 17.1 Å². The zero-order valence-corrected chi connectivity index (χ0v) is 39.0. The summed E-state index contributed by atoms with van der Waals surface area (Å²) in [5.74, 6) is 0. The minimum Gasteiger partial charge on any atom is -0.310 e. The molecule has 13 rings (SSSR count). The van der Waals surface area contributed by atoms with Gasteiger partial charge in [0.2, 0.25) is 0 Å². The molecule has 1 nitrogen and oxygen atoms in total. The van der Waals surface area contributed by atoms with E-state index in [2.05, 4.69) is 269 Å². The van der Waals surface area contributed by atoms with Crippen LogP contribution >= 0.6 is 0 Å². The first kappa shape index (κ1) is 40.3. The highest BCUT2D eigenvalue weighted by molar-refractivity contribution is 5.94. The minimum absolute atomic E-state index is 0.150. The van der Waals surface area contributed by atoms with Gasteiger partial charge in [0.15, 0.2) is 0 Å². The van der Waals surface area contributed by atoms with Crippen LogP contribution in [0.25, 0.3) is 55.6 Å². The fraction of sp³-hybridized carbons (Fsp3) is 0.104. The van der Waals surface area contributed by atoms with Crippen LogP contribution < -0.4 is 4.90 Å². The third-order valence-corrected chi connectivity index (χ3v) is 15.7. The van der Waals surface area contributed by atoms with Crippen LogP contribution in [0.5, 0.6) is 0 Å². The summed E-state index contributed by atoms with van der Waals surface area (Å²) in [7, 11) is 0. The Bertz CT molecular complexity index is 3440. The molecular formula is C67H51N. The second-order valence-corrected chi connectivity index (χ2v) is 20.0. The van der Waals surface area contributed by atoms with E-state index in [1.165, 1.54) is 100 Å². The van der Waals surface area contributed by atoms with E-state index >= 15 is 0 Å².